The average Bonchev–Trinajstić information content (AvgIpc) is 2.72. The van der Waals surface area contributed by atoms with Crippen molar-refractivity contribution in [3.63, 3.8) is 0 Å². The number of rotatable bonds is 2. The van der Waals surface area contributed by atoms with Crippen LogP contribution in [0.4, 0.5) is 26.3 Å². The Morgan fingerprint density at radius 3 is 2.35 bits per heavy atom. The molecule has 0 aromatic carbocycles. The molecule has 1 aliphatic heterocycles. The molecule has 3 heterocycles. The molecule has 1 aliphatic carbocycles. The van der Waals surface area contributed by atoms with Crippen molar-refractivity contribution in [3.05, 3.63) is 57.3 Å². The lowest BCUT2D eigenvalue weighted by molar-refractivity contribution is -0.182. The van der Waals surface area contributed by atoms with Crippen LogP contribution in [0, 0.1) is 5.92 Å². The van der Waals surface area contributed by atoms with Crippen LogP contribution in [-0.2, 0) is 12.7 Å². The highest BCUT2D eigenvalue weighted by atomic mass is 19.4. The first-order valence-corrected chi connectivity index (χ1v) is 9.84. The minimum absolute atomic E-state index is 0.109. The molecule has 0 bridgehead atoms. The molecule has 0 radical (unpaired) electrons. The number of H-pyrrole nitrogens is 1. The van der Waals surface area contributed by atoms with Gasteiger partial charge in [0.05, 0.1) is 11.6 Å². The van der Waals surface area contributed by atoms with Crippen LogP contribution in [-0.4, -0.2) is 16.1 Å². The minimum atomic E-state index is -4.69. The van der Waals surface area contributed by atoms with Gasteiger partial charge in [-0.05, 0) is 55.5 Å². The Morgan fingerprint density at radius 1 is 1.00 bits per heavy atom. The van der Waals surface area contributed by atoms with Gasteiger partial charge in [0.2, 0.25) is 0 Å². The van der Waals surface area contributed by atoms with E-state index >= 15 is 0 Å². The summed E-state index contributed by atoms with van der Waals surface area (Å²) in [6.07, 6.45) is -4.73. The smallest absolute Gasteiger partial charge is 0.387 e. The number of aromatic nitrogens is 2. The van der Waals surface area contributed by atoms with Gasteiger partial charge in [-0.2, -0.15) is 26.3 Å². The molecular weight excluding hydrogens is 424 g/mol. The summed E-state index contributed by atoms with van der Waals surface area (Å²) < 4.78 is 79.0. The van der Waals surface area contributed by atoms with Crippen molar-refractivity contribution in [2.45, 2.75) is 50.5 Å². The molecule has 2 aliphatic rings. The summed E-state index contributed by atoms with van der Waals surface area (Å²) in [6.45, 7) is 0.320. The van der Waals surface area contributed by atoms with E-state index in [0.29, 0.717) is 29.1 Å². The number of alkyl halides is 6. The molecule has 1 saturated carbocycles. The van der Waals surface area contributed by atoms with Crippen LogP contribution in [0.2, 0.25) is 0 Å². The van der Waals surface area contributed by atoms with Gasteiger partial charge in [0.15, 0.2) is 5.43 Å². The van der Waals surface area contributed by atoms with E-state index in [1.807, 2.05) is 0 Å². The normalized spacial score (nSPS) is 21.5. The third-order valence-electron chi connectivity index (χ3n) is 5.96. The van der Waals surface area contributed by atoms with Gasteiger partial charge >= 0.3 is 12.4 Å². The Bertz CT molecular complexity index is 1060. The van der Waals surface area contributed by atoms with Crippen molar-refractivity contribution < 1.29 is 26.3 Å². The topological polar surface area (TPSA) is 57.8 Å². The van der Waals surface area contributed by atoms with Crippen molar-refractivity contribution in [2.24, 2.45) is 5.92 Å². The van der Waals surface area contributed by atoms with Gasteiger partial charge < -0.3 is 10.3 Å². The van der Waals surface area contributed by atoms with Crippen molar-refractivity contribution in [3.8, 4) is 11.3 Å². The lowest BCUT2D eigenvalue weighted by Crippen LogP contribution is -2.27. The molecule has 0 atom stereocenters. The van der Waals surface area contributed by atoms with E-state index in [4.69, 9.17) is 0 Å². The zero-order valence-corrected chi connectivity index (χ0v) is 16.2. The SMILES string of the molecule is O=c1cc(-c2cnc(C(F)(F)F)cc2C2CCC(C(F)(F)F)CC2)[nH]c2c1CNC=C2. The predicted octanol–water partition coefficient (Wildman–Crippen LogP) is 5.37. The maximum absolute atomic E-state index is 13.3. The van der Waals surface area contributed by atoms with E-state index < -0.39 is 29.9 Å². The minimum Gasteiger partial charge on any atom is -0.387 e. The zero-order chi connectivity index (χ0) is 22.4. The van der Waals surface area contributed by atoms with Crippen LogP contribution < -0.4 is 10.7 Å². The Morgan fingerprint density at radius 2 is 1.71 bits per heavy atom. The molecule has 31 heavy (non-hydrogen) atoms. The van der Waals surface area contributed by atoms with Crippen molar-refractivity contribution in [2.75, 3.05) is 0 Å². The van der Waals surface area contributed by atoms with Gasteiger partial charge in [0, 0.05) is 35.6 Å². The first kappa shape index (κ1) is 21.5. The van der Waals surface area contributed by atoms with Gasteiger partial charge in [0.25, 0.3) is 0 Å². The van der Waals surface area contributed by atoms with Gasteiger partial charge in [-0.1, -0.05) is 0 Å². The monoisotopic (exact) mass is 443 g/mol. The van der Waals surface area contributed by atoms with Gasteiger partial charge in [-0.15, -0.1) is 0 Å². The van der Waals surface area contributed by atoms with Gasteiger partial charge in [0.1, 0.15) is 5.69 Å². The molecule has 10 heteroatoms. The zero-order valence-electron chi connectivity index (χ0n) is 16.2. The summed E-state index contributed by atoms with van der Waals surface area (Å²) in [5.74, 6) is -1.94. The van der Waals surface area contributed by atoms with E-state index in [0.717, 1.165) is 12.3 Å². The predicted molar refractivity (Wildman–Crippen MR) is 102 cm³/mol. The second-order valence-corrected chi connectivity index (χ2v) is 7.90. The molecule has 0 unspecified atom stereocenters. The number of nitrogens with zero attached hydrogens (tertiary/aromatic N) is 1. The van der Waals surface area contributed by atoms with Crippen LogP contribution in [0.15, 0.2) is 29.3 Å². The third-order valence-corrected chi connectivity index (χ3v) is 5.96. The fourth-order valence-corrected chi connectivity index (χ4v) is 4.30. The Balaban J connectivity index is 1.77. The van der Waals surface area contributed by atoms with Crippen molar-refractivity contribution in [1.82, 2.24) is 15.3 Å². The molecule has 0 amide bonds. The summed E-state index contributed by atoms with van der Waals surface area (Å²) in [7, 11) is 0. The number of pyridine rings is 2. The van der Waals surface area contributed by atoms with E-state index in [2.05, 4.69) is 15.3 Å². The molecule has 0 saturated heterocycles. The van der Waals surface area contributed by atoms with Crippen LogP contribution in [0.25, 0.3) is 17.3 Å². The standard InChI is InChI=1S/C21H19F6N3O/c22-20(23,24)12-3-1-11(2-4-12)13-7-19(21(25,26)27)29-10-14(13)17-8-18(31)15-9-28-6-5-16(15)30-17/h5-8,10-12,28H,1-4,9H2,(H,30,31). The second-order valence-electron chi connectivity index (χ2n) is 7.90. The first-order valence-electron chi connectivity index (χ1n) is 9.84. The number of aromatic amines is 1. The number of hydrogen-bond donors (Lipinski definition) is 2. The van der Waals surface area contributed by atoms with Crippen LogP contribution in [0.1, 0.15) is 54.1 Å². The van der Waals surface area contributed by atoms with Crippen molar-refractivity contribution >= 4 is 6.08 Å². The highest BCUT2D eigenvalue weighted by Gasteiger charge is 2.42. The third kappa shape index (κ3) is 4.33. The summed E-state index contributed by atoms with van der Waals surface area (Å²) in [6, 6.07) is 2.21. The summed E-state index contributed by atoms with van der Waals surface area (Å²) in [4.78, 5) is 19.1. The van der Waals surface area contributed by atoms with Crippen LogP contribution in [0.5, 0.6) is 0 Å². The van der Waals surface area contributed by atoms with E-state index in [1.165, 1.54) is 6.07 Å². The highest BCUT2D eigenvalue weighted by molar-refractivity contribution is 5.67. The van der Waals surface area contributed by atoms with Crippen LogP contribution >= 0.6 is 0 Å². The number of nitrogens with one attached hydrogen (secondary N) is 2. The molecule has 2 aromatic rings. The van der Waals surface area contributed by atoms with Crippen LogP contribution in [0.3, 0.4) is 0 Å². The molecule has 2 N–H and O–H groups in total. The Kier molecular flexibility index (Phi) is 5.35. The second kappa shape index (κ2) is 7.72. The number of halogens is 6. The summed E-state index contributed by atoms with van der Waals surface area (Å²) >= 11 is 0. The lowest BCUT2D eigenvalue weighted by Gasteiger charge is -2.31. The summed E-state index contributed by atoms with van der Waals surface area (Å²) in [5, 5.41) is 2.91. The molecule has 2 aromatic heterocycles. The van der Waals surface area contributed by atoms with E-state index in [1.54, 1.807) is 12.3 Å². The average molecular weight is 443 g/mol. The Hall–Kier alpha value is -2.78. The fourth-order valence-electron chi connectivity index (χ4n) is 4.30. The maximum Gasteiger partial charge on any atom is 0.433 e. The quantitative estimate of drug-likeness (QED) is 0.614. The summed E-state index contributed by atoms with van der Waals surface area (Å²) in [5.41, 5.74) is 0.503. The van der Waals surface area contributed by atoms with E-state index in [-0.39, 0.29) is 36.7 Å². The maximum atomic E-state index is 13.3. The lowest BCUT2D eigenvalue weighted by atomic mass is 9.77. The highest BCUT2D eigenvalue weighted by Crippen LogP contribution is 2.45. The van der Waals surface area contributed by atoms with Gasteiger partial charge in [-0.3, -0.25) is 9.78 Å². The number of hydrogen-bond acceptors (Lipinski definition) is 3. The molecule has 0 spiro atoms. The van der Waals surface area contributed by atoms with Crippen molar-refractivity contribution in [1.29, 1.82) is 0 Å². The first-order chi connectivity index (χ1) is 14.5. The number of fused-ring (bicyclic) bond motifs is 1. The molecule has 1 fully saturated rings. The van der Waals surface area contributed by atoms with Gasteiger partial charge in [-0.25, -0.2) is 0 Å². The largest absolute Gasteiger partial charge is 0.433 e. The van der Waals surface area contributed by atoms with E-state index in [9.17, 15) is 31.1 Å². The molecule has 4 rings (SSSR count). The fraction of sp³-hybridized carbons (Fsp3) is 0.429. The Labute approximate surface area is 173 Å². The molecule has 166 valence electrons. The molecule has 4 nitrogen and oxygen atoms in total. The molecular formula is C21H19F6N3O.